The monoisotopic (exact) mass is 275 g/mol. The van der Waals surface area contributed by atoms with Crippen LogP contribution >= 0.6 is 0 Å². The SMILES string of the molecule is CC[C@H](O)c1ccc(N(CC(F)(F)F)C(C)C)cc1. The van der Waals surface area contributed by atoms with Crippen LogP contribution in [0, 0.1) is 0 Å². The van der Waals surface area contributed by atoms with E-state index in [0.29, 0.717) is 12.1 Å². The average Bonchev–Trinajstić information content (AvgIpc) is 2.34. The van der Waals surface area contributed by atoms with E-state index in [9.17, 15) is 18.3 Å². The summed E-state index contributed by atoms with van der Waals surface area (Å²) in [5, 5.41) is 9.66. The van der Waals surface area contributed by atoms with Crippen molar-refractivity contribution in [3.05, 3.63) is 29.8 Å². The molecule has 0 saturated heterocycles. The Morgan fingerprint density at radius 2 is 1.68 bits per heavy atom. The first-order valence-electron chi connectivity index (χ1n) is 6.36. The number of aliphatic hydroxyl groups excluding tert-OH is 1. The number of aliphatic hydroxyl groups is 1. The van der Waals surface area contributed by atoms with Gasteiger partial charge in [0.1, 0.15) is 6.54 Å². The van der Waals surface area contributed by atoms with Crippen LogP contribution in [-0.4, -0.2) is 23.9 Å². The van der Waals surface area contributed by atoms with E-state index in [0.717, 1.165) is 5.56 Å². The van der Waals surface area contributed by atoms with Crippen LogP contribution in [-0.2, 0) is 0 Å². The normalized spacial score (nSPS) is 13.7. The van der Waals surface area contributed by atoms with Crippen LogP contribution in [0.4, 0.5) is 18.9 Å². The fourth-order valence-electron chi connectivity index (χ4n) is 1.89. The van der Waals surface area contributed by atoms with Crippen molar-refractivity contribution >= 4 is 5.69 Å². The third-order valence-electron chi connectivity index (χ3n) is 2.97. The van der Waals surface area contributed by atoms with Crippen molar-refractivity contribution in [3.8, 4) is 0 Å². The number of anilines is 1. The molecular weight excluding hydrogens is 255 g/mol. The van der Waals surface area contributed by atoms with Crippen molar-refractivity contribution in [3.63, 3.8) is 0 Å². The molecule has 1 aromatic carbocycles. The van der Waals surface area contributed by atoms with Gasteiger partial charge in [-0.05, 0) is 38.0 Å². The molecule has 0 aliphatic rings. The Bertz CT molecular complexity index is 387. The lowest BCUT2D eigenvalue weighted by Gasteiger charge is -2.30. The van der Waals surface area contributed by atoms with Crippen molar-refractivity contribution in [2.24, 2.45) is 0 Å². The van der Waals surface area contributed by atoms with Gasteiger partial charge in [0.25, 0.3) is 0 Å². The minimum absolute atomic E-state index is 0.247. The largest absolute Gasteiger partial charge is 0.405 e. The second-order valence-corrected chi connectivity index (χ2v) is 4.85. The number of hydrogen-bond acceptors (Lipinski definition) is 2. The molecule has 108 valence electrons. The Kier molecular flexibility index (Phi) is 5.23. The Morgan fingerprint density at radius 1 is 1.16 bits per heavy atom. The first-order valence-corrected chi connectivity index (χ1v) is 6.36. The van der Waals surface area contributed by atoms with Gasteiger partial charge >= 0.3 is 6.18 Å². The zero-order chi connectivity index (χ0) is 14.6. The molecule has 0 aliphatic heterocycles. The second-order valence-electron chi connectivity index (χ2n) is 4.85. The predicted octanol–water partition coefficient (Wildman–Crippen LogP) is 3.91. The number of hydrogen-bond donors (Lipinski definition) is 1. The topological polar surface area (TPSA) is 23.5 Å². The van der Waals surface area contributed by atoms with Crippen LogP contribution in [0.25, 0.3) is 0 Å². The summed E-state index contributed by atoms with van der Waals surface area (Å²) in [5.74, 6) is 0. The summed E-state index contributed by atoms with van der Waals surface area (Å²) in [7, 11) is 0. The third-order valence-corrected chi connectivity index (χ3v) is 2.97. The molecule has 2 nitrogen and oxygen atoms in total. The lowest BCUT2D eigenvalue weighted by Crippen LogP contribution is -2.39. The third kappa shape index (κ3) is 4.74. The van der Waals surface area contributed by atoms with Crippen LogP contribution in [0.3, 0.4) is 0 Å². The summed E-state index contributed by atoms with van der Waals surface area (Å²) in [6.45, 7) is 4.32. The number of benzene rings is 1. The van der Waals surface area contributed by atoms with Gasteiger partial charge in [0.15, 0.2) is 0 Å². The van der Waals surface area contributed by atoms with Gasteiger partial charge in [-0.15, -0.1) is 0 Å². The van der Waals surface area contributed by atoms with Crippen molar-refractivity contribution in [1.82, 2.24) is 0 Å². The highest BCUT2D eigenvalue weighted by Gasteiger charge is 2.32. The zero-order valence-corrected chi connectivity index (χ0v) is 11.4. The molecule has 0 bridgehead atoms. The molecule has 0 heterocycles. The van der Waals surface area contributed by atoms with Crippen molar-refractivity contribution in [2.45, 2.75) is 45.5 Å². The number of rotatable bonds is 5. The Balaban J connectivity index is 2.92. The van der Waals surface area contributed by atoms with E-state index >= 15 is 0 Å². The summed E-state index contributed by atoms with van der Waals surface area (Å²) < 4.78 is 37.6. The number of nitrogens with zero attached hydrogens (tertiary/aromatic N) is 1. The second kappa shape index (κ2) is 6.28. The fourth-order valence-corrected chi connectivity index (χ4v) is 1.89. The van der Waals surface area contributed by atoms with Crippen molar-refractivity contribution < 1.29 is 18.3 Å². The minimum Gasteiger partial charge on any atom is -0.388 e. The molecule has 0 fully saturated rings. The average molecular weight is 275 g/mol. The maximum absolute atomic E-state index is 12.5. The van der Waals surface area contributed by atoms with E-state index in [1.165, 1.54) is 4.90 Å². The van der Waals surface area contributed by atoms with Crippen LogP contribution in [0.1, 0.15) is 38.9 Å². The van der Waals surface area contributed by atoms with Gasteiger partial charge in [0.05, 0.1) is 6.10 Å². The molecule has 0 amide bonds. The molecule has 0 saturated carbocycles. The van der Waals surface area contributed by atoms with E-state index < -0.39 is 18.8 Å². The summed E-state index contributed by atoms with van der Waals surface area (Å²) in [6, 6.07) is 6.35. The smallest absolute Gasteiger partial charge is 0.388 e. The maximum atomic E-state index is 12.5. The van der Waals surface area contributed by atoms with Gasteiger partial charge < -0.3 is 10.0 Å². The molecule has 0 spiro atoms. The van der Waals surface area contributed by atoms with Crippen LogP contribution in [0.15, 0.2) is 24.3 Å². The van der Waals surface area contributed by atoms with Gasteiger partial charge in [0, 0.05) is 11.7 Å². The molecule has 5 heteroatoms. The van der Waals surface area contributed by atoms with Crippen LogP contribution < -0.4 is 4.90 Å². The number of halogens is 3. The minimum atomic E-state index is -4.23. The Labute approximate surface area is 111 Å². The molecule has 1 rings (SSSR count). The van der Waals surface area contributed by atoms with Crippen molar-refractivity contribution in [1.29, 1.82) is 0 Å². The van der Waals surface area contributed by atoms with E-state index in [4.69, 9.17) is 0 Å². The van der Waals surface area contributed by atoms with Crippen LogP contribution in [0.2, 0.25) is 0 Å². The quantitative estimate of drug-likeness (QED) is 0.880. The molecule has 0 aromatic heterocycles. The fraction of sp³-hybridized carbons (Fsp3) is 0.571. The highest BCUT2D eigenvalue weighted by molar-refractivity contribution is 5.48. The molecular formula is C14H20F3NO. The predicted molar refractivity (Wildman–Crippen MR) is 70.2 cm³/mol. The molecule has 1 atom stereocenters. The Morgan fingerprint density at radius 3 is 2.05 bits per heavy atom. The Hall–Kier alpha value is -1.23. The van der Waals surface area contributed by atoms with Gasteiger partial charge in [0.2, 0.25) is 0 Å². The standard InChI is InChI=1S/C14H20F3NO/c1-4-13(19)11-5-7-12(8-6-11)18(10(2)3)9-14(15,16)17/h5-8,10,13,19H,4,9H2,1-3H3/t13-/m0/s1. The molecule has 1 N–H and O–H groups in total. The lowest BCUT2D eigenvalue weighted by atomic mass is 10.1. The summed E-state index contributed by atoms with van der Waals surface area (Å²) in [6.07, 6.45) is -4.22. The first kappa shape index (κ1) is 15.8. The zero-order valence-electron chi connectivity index (χ0n) is 11.4. The van der Waals surface area contributed by atoms with E-state index in [2.05, 4.69) is 0 Å². The molecule has 0 unspecified atom stereocenters. The highest BCUT2D eigenvalue weighted by atomic mass is 19.4. The highest BCUT2D eigenvalue weighted by Crippen LogP contribution is 2.26. The van der Waals surface area contributed by atoms with Gasteiger partial charge in [-0.3, -0.25) is 0 Å². The van der Waals surface area contributed by atoms with Crippen molar-refractivity contribution in [2.75, 3.05) is 11.4 Å². The van der Waals surface area contributed by atoms with Gasteiger partial charge in [-0.1, -0.05) is 19.1 Å². The van der Waals surface area contributed by atoms with E-state index in [1.807, 2.05) is 6.92 Å². The summed E-state index contributed by atoms with van der Waals surface area (Å²) in [4.78, 5) is 1.29. The molecule has 19 heavy (non-hydrogen) atoms. The molecule has 1 aromatic rings. The lowest BCUT2D eigenvalue weighted by molar-refractivity contribution is -0.120. The maximum Gasteiger partial charge on any atom is 0.405 e. The van der Waals surface area contributed by atoms with E-state index in [1.54, 1.807) is 38.1 Å². The molecule has 0 radical (unpaired) electrons. The van der Waals surface area contributed by atoms with Gasteiger partial charge in [-0.2, -0.15) is 13.2 Å². The number of alkyl halides is 3. The summed E-state index contributed by atoms with van der Waals surface area (Å²) in [5.41, 5.74) is 1.24. The van der Waals surface area contributed by atoms with Crippen LogP contribution in [0.5, 0.6) is 0 Å². The van der Waals surface area contributed by atoms with E-state index in [-0.39, 0.29) is 6.04 Å². The van der Waals surface area contributed by atoms with Gasteiger partial charge in [-0.25, -0.2) is 0 Å². The summed E-state index contributed by atoms with van der Waals surface area (Å²) >= 11 is 0. The molecule has 0 aliphatic carbocycles. The first-order chi connectivity index (χ1) is 8.74.